The minimum Gasteiger partial charge on any atom is -0.452 e. The molecule has 1 aromatic carbocycles. The third kappa shape index (κ3) is 25.8. The highest BCUT2D eigenvalue weighted by Gasteiger charge is 2.24. The van der Waals surface area contributed by atoms with E-state index in [2.05, 4.69) is 19.2 Å². The van der Waals surface area contributed by atoms with Gasteiger partial charge < -0.3 is 15.2 Å². The van der Waals surface area contributed by atoms with Gasteiger partial charge >= 0.3 is 5.97 Å². The van der Waals surface area contributed by atoms with Crippen LogP contribution in [0.4, 0.5) is 0 Å². The fourth-order valence-corrected chi connectivity index (χ4v) is 6.35. The van der Waals surface area contributed by atoms with Crippen molar-refractivity contribution in [2.45, 2.75) is 206 Å². The van der Waals surface area contributed by atoms with E-state index in [1.54, 1.807) is 24.3 Å². The number of nitrogens with one attached hydrogen (secondary N) is 1. The lowest BCUT2D eigenvalue weighted by atomic mass is 10.0. The first-order chi connectivity index (χ1) is 23.6. The Balaban J connectivity index is 2.33. The second-order valence-corrected chi connectivity index (χ2v) is 14.0. The molecular weight excluding hydrogens is 594 g/mol. The van der Waals surface area contributed by atoms with Gasteiger partial charge in [-0.3, -0.25) is 4.79 Å². The molecule has 1 rings (SSSR count). The Hall–Kier alpha value is -2.14. The Morgan fingerprint density at radius 1 is 0.625 bits per heavy atom. The predicted octanol–water partition coefficient (Wildman–Crippen LogP) is 12.2. The van der Waals surface area contributed by atoms with E-state index < -0.39 is 18.1 Å². The molecule has 0 fully saturated rings. The number of hydrogen-bond donors (Lipinski definition) is 2. The Kier molecular flexibility index (Phi) is 30.5. The molecule has 0 saturated carbocycles. The van der Waals surface area contributed by atoms with Crippen LogP contribution >= 0.6 is 0 Å². The SMILES string of the molecule is CCCCCCCCCCCCCC=CC(OC(=O)c1ccccc1)C(CO)NC(=O)CCCCCCCCCCCCCCCCC. The van der Waals surface area contributed by atoms with Gasteiger partial charge in [-0.2, -0.15) is 0 Å². The van der Waals surface area contributed by atoms with Crippen molar-refractivity contribution in [1.82, 2.24) is 5.32 Å². The Bertz CT molecular complexity index is 886. The molecule has 0 heterocycles. The topological polar surface area (TPSA) is 75.6 Å². The molecule has 0 aliphatic heterocycles. The molecule has 2 unspecified atom stereocenters. The van der Waals surface area contributed by atoms with E-state index in [0.29, 0.717) is 12.0 Å². The maximum absolute atomic E-state index is 12.9. The largest absolute Gasteiger partial charge is 0.452 e. The first kappa shape index (κ1) is 43.9. The molecule has 0 aliphatic rings. The smallest absolute Gasteiger partial charge is 0.338 e. The number of ether oxygens (including phenoxy) is 1. The van der Waals surface area contributed by atoms with Gasteiger partial charge in [-0.1, -0.05) is 192 Å². The van der Waals surface area contributed by atoms with Crippen LogP contribution in [0, 0.1) is 0 Å². The van der Waals surface area contributed by atoms with Crippen molar-refractivity contribution in [3.05, 3.63) is 48.0 Å². The van der Waals surface area contributed by atoms with Gasteiger partial charge in [-0.05, 0) is 37.5 Å². The molecule has 0 radical (unpaired) electrons. The van der Waals surface area contributed by atoms with Crippen LogP contribution in [0.3, 0.4) is 0 Å². The summed E-state index contributed by atoms with van der Waals surface area (Å²) in [5, 5.41) is 13.1. The lowest BCUT2D eigenvalue weighted by Gasteiger charge is -2.24. The van der Waals surface area contributed by atoms with Gasteiger partial charge in [0, 0.05) is 6.42 Å². The number of rotatable bonds is 34. The molecule has 0 aliphatic carbocycles. The van der Waals surface area contributed by atoms with E-state index >= 15 is 0 Å². The lowest BCUT2D eigenvalue weighted by molar-refractivity contribution is -0.123. The van der Waals surface area contributed by atoms with Gasteiger partial charge in [0.15, 0.2) is 0 Å². The Morgan fingerprint density at radius 2 is 1.04 bits per heavy atom. The van der Waals surface area contributed by atoms with Crippen molar-refractivity contribution in [3.8, 4) is 0 Å². The molecule has 0 saturated heterocycles. The summed E-state index contributed by atoms with van der Waals surface area (Å²) in [6.07, 6.45) is 38.1. The lowest BCUT2D eigenvalue weighted by Crippen LogP contribution is -2.46. The normalized spacial score (nSPS) is 12.7. The fraction of sp³-hybridized carbons (Fsp3) is 0.767. The summed E-state index contributed by atoms with van der Waals surface area (Å²) in [5.41, 5.74) is 0.460. The molecule has 0 spiro atoms. The number of benzene rings is 1. The van der Waals surface area contributed by atoms with Crippen molar-refractivity contribution in [3.63, 3.8) is 0 Å². The highest BCUT2D eigenvalue weighted by molar-refractivity contribution is 5.89. The van der Waals surface area contributed by atoms with Crippen LogP contribution in [0.15, 0.2) is 42.5 Å². The Morgan fingerprint density at radius 3 is 1.48 bits per heavy atom. The molecule has 1 aromatic rings. The van der Waals surface area contributed by atoms with E-state index in [9.17, 15) is 14.7 Å². The molecule has 5 nitrogen and oxygen atoms in total. The number of hydrogen-bond acceptors (Lipinski definition) is 4. The third-order valence-corrected chi connectivity index (χ3v) is 9.50. The molecule has 5 heteroatoms. The summed E-state index contributed by atoms with van der Waals surface area (Å²) < 4.78 is 5.83. The van der Waals surface area contributed by atoms with E-state index in [-0.39, 0.29) is 12.5 Å². The maximum Gasteiger partial charge on any atom is 0.338 e. The van der Waals surface area contributed by atoms with Crippen molar-refractivity contribution >= 4 is 11.9 Å². The number of amides is 1. The zero-order valence-electron chi connectivity index (χ0n) is 31.4. The molecule has 48 heavy (non-hydrogen) atoms. The number of carbonyl (C=O) groups is 2. The molecule has 2 N–H and O–H groups in total. The van der Waals surface area contributed by atoms with E-state index in [4.69, 9.17) is 4.74 Å². The average Bonchev–Trinajstić information content (AvgIpc) is 3.10. The van der Waals surface area contributed by atoms with Gasteiger partial charge in [-0.25, -0.2) is 4.79 Å². The first-order valence-electron chi connectivity index (χ1n) is 20.4. The van der Waals surface area contributed by atoms with Gasteiger partial charge in [0.2, 0.25) is 5.91 Å². The summed E-state index contributed by atoms with van der Waals surface area (Å²) in [5.74, 6) is -0.543. The second kappa shape index (κ2) is 33.4. The third-order valence-electron chi connectivity index (χ3n) is 9.50. The zero-order chi connectivity index (χ0) is 34.8. The monoisotopic (exact) mass is 670 g/mol. The van der Waals surface area contributed by atoms with Crippen molar-refractivity contribution in [2.24, 2.45) is 0 Å². The van der Waals surface area contributed by atoms with Crippen molar-refractivity contribution < 1.29 is 19.4 Å². The number of aliphatic hydroxyl groups is 1. The minimum atomic E-state index is -0.722. The van der Waals surface area contributed by atoms with Gasteiger partial charge in [0.1, 0.15) is 6.10 Å². The van der Waals surface area contributed by atoms with Crippen LogP contribution in [0.2, 0.25) is 0 Å². The maximum atomic E-state index is 12.9. The van der Waals surface area contributed by atoms with Crippen LogP contribution < -0.4 is 5.32 Å². The summed E-state index contributed by atoms with van der Waals surface area (Å²) in [6.45, 7) is 4.24. The minimum absolute atomic E-state index is 0.0942. The fourth-order valence-electron chi connectivity index (χ4n) is 6.35. The van der Waals surface area contributed by atoms with Crippen LogP contribution in [-0.2, 0) is 9.53 Å². The summed E-state index contributed by atoms with van der Waals surface area (Å²) in [6, 6.07) is 8.23. The van der Waals surface area contributed by atoms with Gasteiger partial charge in [-0.15, -0.1) is 0 Å². The molecule has 0 aromatic heterocycles. The van der Waals surface area contributed by atoms with Crippen molar-refractivity contribution in [1.29, 1.82) is 0 Å². The van der Waals surface area contributed by atoms with Gasteiger partial charge in [0.25, 0.3) is 0 Å². The van der Waals surface area contributed by atoms with E-state index in [0.717, 1.165) is 32.1 Å². The zero-order valence-corrected chi connectivity index (χ0v) is 31.4. The van der Waals surface area contributed by atoms with Crippen LogP contribution in [-0.4, -0.2) is 35.7 Å². The molecule has 1 amide bonds. The van der Waals surface area contributed by atoms with Crippen LogP contribution in [0.5, 0.6) is 0 Å². The summed E-state index contributed by atoms with van der Waals surface area (Å²) in [4.78, 5) is 25.7. The number of aliphatic hydroxyl groups excluding tert-OH is 1. The highest BCUT2D eigenvalue weighted by Crippen LogP contribution is 2.16. The van der Waals surface area contributed by atoms with Crippen molar-refractivity contribution in [2.75, 3.05) is 6.61 Å². The second-order valence-electron chi connectivity index (χ2n) is 14.0. The Labute approximate surface area is 296 Å². The molecular formula is C43H75NO4. The van der Waals surface area contributed by atoms with Crippen LogP contribution in [0.1, 0.15) is 204 Å². The predicted molar refractivity (Wildman–Crippen MR) is 204 cm³/mol. The first-order valence-corrected chi connectivity index (χ1v) is 20.4. The molecule has 276 valence electrons. The highest BCUT2D eigenvalue weighted by atomic mass is 16.5. The van der Waals surface area contributed by atoms with E-state index in [1.807, 2.05) is 18.2 Å². The van der Waals surface area contributed by atoms with E-state index in [1.165, 1.54) is 141 Å². The number of carbonyl (C=O) groups excluding carboxylic acids is 2. The quantitative estimate of drug-likeness (QED) is 0.0435. The standard InChI is InChI=1S/C43H75NO4/c1-3-5-7-9-11-13-15-17-18-20-22-24-26-28-33-37-42(46)44-40(38-45)41(48-43(47)39-34-30-29-31-35-39)36-32-27-25-23-21-19-16-14-12-10-8-6-4-2/h29-32,34-36,40-41,45H,3-28,33,37-38H2,1-2H3,(H,44,46). The number of allylic oxidation sites excluding steroid dienone is 1. The van der Waals surface area contributed by atoms with Crippen LogP contribution in [0.25, 0.3) is 0 Å². The summed E-state index contributed by atoms with van der Waals surface area (Å²) >= 11 is 0. The number of esters is 1. The average molecular weight is 670 g/mol. The number of unbranched alkanes of at least 4 members (excludes halogenated alkanes) is 25. The molecule has 0 bridgehead atoms. The summed E-state index contributed by atoms with van der Waals surface area (Å²) in [7, 11) is 0. The van der Waals surface area contributed by atoms with Gasteiger partial charge in [0.05, 0.1) is 18.2 Å². The molecule has 2 atom stereocenters.